The van der Waals surface area contributed by atoms with Gasteiger partial charge in [0.2, 0.25) is 15.9 Å². The van der Waals surface area contributed by atoms with Crippen molar-refractivity contribution in [3.63, 3.8) is 0 Å². The van der Waals surface area contributed by atoms with Crippen molar-refractivity contribution < 1.29 is 22.7 Å². The number of hydrogen-bond donors (Lipinski definition) is 1. The van der Waals surface area contributed by atoms with Crippen molar-refractivity contribution >= 4 is 50.5 Å². The quantitative estimate of drug-likeness (QED) is 0.724. The number of nitrogens with zero attached hydrogens (tertiary/aromatic N) is 1. The van der Waals surface area contributed by atoms with Gasteiger partial charge >= 0.3 is 0 Å². The molecule has 146 valence electrons. The van der Waals surface area contributed by atoms with E-state index in [0.29, 0.717) is 17.2 Å². The van der Waals surface area contributed by atoms with Crippen LogP contribution in [0.25, 0.3) is 0 Å². The summed E-state index contributed by atoms with van der Waals surface area (Å²) < 4.78 is 35.6. The lowest BCUT2D eigenvalue weighted by Crippen LogP contribution is -2.37. The van der Waals surface area contributed by atoms with E-state index in [1.165, 1.54) is 26.4 Å². The minimum absolute atomic E-state index is 0.0383. The second-order valence-corrected chi connectivity index (χ2v) is 8.15. The topological polar surface area (TPSA) is 84.9 Å². The fourth-order valence-corrected chi connectivity index (χ4v) is 3.61. The molecule has 0 aromatic heterocycles. The number of ether oxygens (including phenoxy) is 2. The van der Waals surface area contributed by atoms with Gasteiger partial charge in [0.1, 0.15) is 18.0 Å². The lowest BCUT2D eigenvalue weighted by atomic mass is 10.2. The summed E-state index contributed by atoms with van der Waals surface area (Å²) >= 11 is 12.1. The van der Waals surface area contributed by atoms with Crippen molar-refractivity contribution in [1.29, 1.82) is 0 Å². The first-order chi connectivity index (χ1) is 12.7. The van der Waals surface area contributed by atoms with Gasteiger partial charge in [0.05, 0.1) is 41.9 Å². The number of amides is 1. The Morgan fingerprint density at radius 1 is 1.15 bits per heavy atom. The van der Waals surface area contributed by atoms with Gasteiger partial charge in [0.25, 0.3) is 0 Å². The fraction of sp³-hybridized carbons (Fsp3) is 0.235. The van der Waals surface area contributed by atoms with E-state index in [9.17, 15) is 13.2 Å². The van der Waals surface area contributed by atoms with Crippen molar-refractivity contribution in [1.82, 2.24) is 0 Å². The van der Waals surface area contributed by atoms with E-state index in [1.54, 1.807) is 24.3 Å². The van der Waals surface area contributed by atoms with Gasteiger partial charge in [-0.2, -0.15) is 0 Å². The molecule has 0 saturated carbocycles. The molecule has 0 bridgehead atoms. The Balaban J connectivity index is 2.32. The molecule has 0 heterocycles. The van der Waals surface area contributed by atoms with Gasteiger partial charge in [0.15, 0.2) is 0 Å². The summed E-state index contributed by atoms with van der Waals surface area (Å²) in [7, 11) is -0.863. The number of halogens is 2. The molecule has 10 heteroatoms. The number of carbonyl (C=O) groups excluding carboxylic acids is 1. The molecular formula is C17H18Cl2N2O5S. The third-order valence-corrected chi connectivity index (χ3v) is 5.50. The van der Waals surface area contributed by atoms with Crippen molar-refractivity contribution in [2.45, 2.75) is 0 Å². The van der Waals surface area contributed by atoms with Crippen molar-refractivity contribution in [3.05, 3.63) is 46.4 Å². The molecule has 0 aliphatic rings. The second kappa shape index (κ2) is 8.69. The van der Waals surface area contributed by atoms with Crippen molar-refractivity contribution in [2.75, 3.05) is 36.6 Å². The van der Waals surface area contributed by atoms with Gasteiger partial charge in [-0.05, 0) is 24.3 Å². The first-order valence-electron chi connectivity index (χ1n) is 7.61. The molecule has 2 rings (SSSR count). The lowest BCUT2D eigenvalue weighted by molar-refractivity contribution is -0.114. The lowest BCUT2D eigenvalue weighted by Gasteiger charge is -2.23. The number of rotatable bonds is 7. The van der Waals surface area contributed by atoms with E-state index in [4.69, 9.17) is 32.7 Å². The Morgan fingerprint density at radius 3 is 2.44 bits per heavy atom. The van der Waals surface area contributed by atoms with Crippen LogP contribution in [-0.4, -0.2) is 41.3 Å². The van der Waals surface area contributed by atoms with Gasteiger partial charge in [-0.3, -0.25) is 9.10 Å². The minimum Gasteiger partial charge on any atom is -0.497 e. The summed E-state index contributed by atoms with van der Waals surface area (Å²) in [5, 5.41) is 2.83. The third kappa shape index (κ3) is 5.18. The predicted octanol–water partition coefficient (Wildman–Crippen LogP) is 3.42. The zero-order valence-electron chi connectivity index (χ0n) is 14.8. The molecule has 0 radical (unpaired) electrons. The molecule has 1 N–H and O–H groups in total. The number of carbonyl (C=O) groups is 1. The first kappa shape index (κ1) is 21.1. The van der Waals surface area contributed by atoms with Crippen LogP contribution in [0.4, 0.5) is 11.4 Å². The normalized spacial score (nSPS) is 11.0. The minimum atomic E-state index is -3.80. The Labute approximate surface area is 167 Å². The second-order valence-electron chi connectivity index (χ2n) is 5.46. The molecule has 0 spiro atoms. The van der Waals surface area contributed by atoms with Gasteiger partial charge in [-0.1, -0.05) is 29.3 Å². The van der Waals surface area contributed by atoms with E-state index >= 15 is 0 Å². The summed E-state index contributed by atoms with van der Waals surface area (Å²) in [6, 6.07) is 9.39. The number of hydrogen-bond acceptors (Lipinski definition) is 5. The van der Waals surface area contributed by atoms with Crippen LogP contribution < -0.4 is 19.1 Å². The average Bonchev–Trinajstić information content (AvgIpc) is 2.61. The molecule has 0 unspecified atom stereocenters. The molecule has 2 aromatic rings. The van der Waals surface area contributed by atoms with Gasteiger partial charge < -0.3 is 14.8 Å². The zero-order chi connectivity index (χ0) is 20.2. The molecule has 7 nitrogen and oxygen atoms in total. The van der Waals surface area contributed by atoms with Crippen LogP contribution in [0.5, 0.6) is 11.5 Å². The summed E-state index contributed by atoms with van der Waals surface area (Å²) in [6.07, 6.45) is 0.976. The summed E-state index contributed by atoms with van der Waals surface area (Å²) in [5.74, 6) is 0.308. The number of nitrogens with one attached hydrogen (secondary N) is 1. The highest BCUT2D eigenvalue weighted by Gasteiger charge is 2.24. The predicted molar refractivity (Wildman–Crippen MR) is 107 cm³/mol. The standard InChI is InChI=1S/C17H18Cl2N2O5S/c1-25-11-7-8-15(26-2)13(9-11)20-16(22)10-21(27(3,23)24)14-6-4-5-12(18)17(14)19/h4-9H,10H2,1-3H3,(H,20,22). The zero-order valence-corrected chi connectivity index (χ0v) is 17.2. The Morgan fingerprint density at radius 2 is 1.85 bits per heavy atom. The highest BCUT2D eigenvalue weighted by molar-refractivity contribution is 7.92. The Kier molecular flexibility index (Phi) is 6.80. The van der Waals surface area contributed by atoms with Gasteiger partial charge in [-0.25, -0.2) is 8.42 Å². The van der Waals surface area contributed by atoms with E-state index in [1.807, 2.05) is 0 Å². The van der Waals surface area contributed by atoms with Crippen LogP contribution in [0.15, 0.2) is 36.4 Å². The molecule has 27 heavy (non-hydrogen) atoms. The van der Waals surface area contributed by atoms with Gasteiger partial charge in [-0.15, -0.1) is 0 Å². The first-order valence-corrected chi connectivity index (χ1v) is 10.2. The third-order valence-electron chi connectivity index (χ3n) is 3.57. The number of anilines is 2. The van der Waals surface area contributed by atoms with Crippen molar-refractivity contribution in [3.8, 4) is 11.5 Å². The SMILES string of the molecule is COc1ccc(OC)c(NC(=O)CN(c2cccc(Cl)c2Cl)S(C)(=O)=O)c1. The highest BCUT2D eigenvalue weighted by atomic mass is 35.5. The summed E-state index contributed by atoms with van der Waals surface area (Å²) in [6.45, 7) is -0.501. The molecule has 0 aliphatic carbocycles. The van der Waals surface area contributed by atoms with E-state index in [0.717, 1.165) is 10.6 Å². The molecular weight excluding hydrogens is 415 g/mol. The smallest absolute Gasteiger partial charge is 0.245 e. The molecule has 0 saturated heterocycles. The summed E-state index contributed by atoms with van der Waals surface area (Å²) in [5.41, 5.74) is 0.451. The maximum absolute atomic E-state index is 12.5. The number of benzene rings is 2. The molecule has 0 aliphatic heterocycles. The largest absolute Gasteiger partial charge is 0.497 e. The average molecular weight is 433 g/mol. The number of methoxy groups -OCH3 is 2. The van der Waals surface area contributed by atoms with Crippen LogP contribution in [-0.2, 0) is 14.8 Å². The van der Waals surface area contributed by atoms with Crippen LogP contribution in [0, 0.1) is 0 Å². The van der Waals surface area contributed by atoms with E-state index in [2.05, 4.69) is 5.32 Å². The van der Waals surface area contributed by atoms with Crippen molar-refractivity contribution in [2.24, 2.45) is 0 Å². The fourth-order valence-electron chi connectivity index (χ4n) is 2.30. The monoisotopic (exact) mass is 432 g/mol. The van der Waals surface area contributed by atoms with Gasteiger partial charge in [0, 0.05) is 6.07 Å². The molecule has 2 aromatic carbocycles. The maximum atomic E-state index is 12.5. The number of sulfonamides is 1. The Hall–Kier alpha value is -2.16. The molecule has 0 fully saturated rings. The Bertz CT molecular complexity index is 950. The van der Waals surface area contributed by atoms with Crippen LogP contribution >= 0.6 is 23.2 Å². The van der Waals surface area contributed by atoms with Crippen LogP contribution in [0.3, 0.4) is 0 Å². The van der Waals surface area contributed by atoms with Crippen LogP contribution in [0.2, 0.25) is 10.0 Å². The summed E-state index contributed by atoms with van der Waals surface area (Å²) in [4.78, 5) is 12.5. The van der Waals surface area contributed by atoms with Crippen LogP contribution in [0.1, 0.15) is 0 Å². The molecule has 1 amide bonds. The van der Waals surface area contributed by atoms with E-state index < -0.39 is 22.5 Å². The maximum Gasteiger partial charge on any atom is 0.245 e. The highest BCUT2D eigenvalue weighted by Crippen LogP contribution is 2.34. The van der Waals surface area contributed by atoms with E-state index in [-0.39, 0.29) is 15.7 Å². The molecule has 0 atom stereocenters.